The highest BCUT2D eigenvalue weighted by Crippen LogP contribution is 2.46. The minimum Gasteiger partial charge on any atom is -0.492 e. The van der Waals surface area contributed by atoms with Crippen LogP contribution in [0.25, 0.3) is 10.9 Å². The van der Waals surface area contributed by atoms with Crippen LogP contribution in [-0.2, 0) is 23.7 Å². The summed E-state index contributed by atoms with van der Waals surface area (Å²) in [5.41, 5.74) is 0.484. The smallest absolute Gasteiger partial charge is 0.419 e. The molecule has 3 aliphatic heterocycles. The van der Waals surface area contributed by atoms with Gasteiger partial charge in [0, 0.05) is 63.0 Å². The number of hydrogen-bond donors (Lipinski definition) is 1. The van der Waals surface area contributed by atoms with Crippen molar-refractivity contribution in [3.05, 3.63) is 56.9 Å². The summed E-state index contributed by atoms with van der Waals surface area (Å²) in [6.45, 7) is 8.39. The molecular weight excluding hydrogens is 750 g/mol. The predicted octanol–water partition coefficient (Wildman–Crippen LogP) is 4.00. The van der Waals surface area contributed by atoms with E-state index < -0.39 is 60.6 Å². The second-order valence-corrected chi connectivity index (χ2v) is 14.7. The van der Waals surface area contributed by atoms with E-state index in [4.69, 9.17) is 23.7 Å². The van der Waals surface area contributed by atoms with Gasteiger partial charge in [0.15, 0.2) is 11.6 Å². The number of piperazine rings is 1. The lowest BCUT2D eigenvalue weighted by Crippen LogP contribution is -2.49. The minimum absolute atomic E-state index is 0.0172. The molecule has 0 radical (unpaired) electrons. The number of esters is 1. The second kappa shape index (κ2) is 16.2. The van der Waals surface area contributed by atoms with E-state index in [0.29, 0.717) is 62.0 Å². The quantitative estimate of drug-likeness (QED) is 0.232. The number of pyridine rings is 1. The Morgan fingerprint density at radius 3 is 2.40 bits per heavy atom. The number of anilines is 3. The number of morpholine rings is 1. The van der Waals surface area contributed by atoms with E-state index >= 15 is 8.78 Å². The third-order valence-corrected chi connectivity index (χ3v) is 10.8. The third kappa shape index (κ3) is 7.67. The zero-order chi connectivity index (χ0) is 40.7. The van der Waals surface area contributed by atoms with Crippen molar-refractivity contribution in [3.8, 4) is 5.75 Å². The summed E-state index contributed by atoms with van der Waals surface area (Å²) in [5, 5.41) is 3.33. The molecule has 1 aromatic heterocycles. The third-order valence-electron chi connectivity index (χ3n) is 10.8. The van der Waals surface area contributed by atoms with Crippen LogP contribution in [0.1, 0.15) is 54.3 Å². The molecule has 3 aromatic rings. The molecule has 57 heavy (non-hydrogen) atoms. The first-order valence-electron chi connectivity index (χ1n) is 19.0. The minimum atomic E-state index is -1.20. The number of aryl methyl sites for hydroxylation is 1. The highest BCUT2D eigenvalue weighted by molar-refractivity contribution is 6.00. The van der Waals surface area contributed by atoms with Crippen molar-refractivity contribution in [1.82, 2.24) is 14.8 Å². The number of nitrogens with one attached hydrogen (secondary N) is 1. The number of benzene rings is 2. The van der Waals surface area contributed by atoms with Crippen LogP contribution in [0.4, 0.5) is 35.4 Å². The summed E-state index contributed by atoms with van der Waals surface area (Å²) in [7, 11) is 1.43. The normalized spacial score (nSPS) is 19.8. The zero-order valence-electron chi connectivity index (χ0n) is 32.5. The number of halogens is 2. The molecule has 0 spiro atoms. The molecule has 18 heteroatoms. The number of nitrogens with zero attached hydrogens (tertiary/aromatic N) is 5. The Morgan fingerprint density at radius 2 is 1.75 bits per heavy atom. The maximum absolute atomic E-state index is 16.3. The van der Waals surface area contributed by atoms with Crippen molar-refractivity contribution in [1.29, 1.82) is 0 Å². The van der Waals surface area contributed by atoms with Crippen molar-refractivity contribution in [3.63, 3.8) is 0 Å². The predicted molar refractivity (Wildman–Crippen MR) is 203 cm³/mol. The van der Waals surface area contributed by atoms with Crippen LogP contribution >= 0.6 is 0 Å². The van der Waals surface area contributed by atoms with Crippen molar-refractivity contribution in [2.24, 2.45) is 0 Å². The van der Waals surface area contributed by atoms with Gasteiger partial charge < -0.3 is 43.4 Å². The van der Waals surface area contributed by atoms with E-state index in [9.17, 15) is 24.0 Å². The van der Waals surface area contributed by atoms with Gasteiger partial charge in [0.05, 0.1) is 55.7 Å². The first-order chi connectivity index (χ1) is 27.3. The summed E-state index contributed by atoms with van der Waals surface area (Å²) < 4.78 is 60.2. The highest BCUT2D eigenvalue weighted by atomic mass is 19.1. The van der Waals surface area contributed by atoms with Gasteiger partial charge in [-0.3, -0.25) is 14.5 Å². The zero-order valence-corrected chi connectivity index (χ0v) is 32.5. The molecule has 7 rings (SSSR count). The maximum atomic E-state index is 16.3. The highest BCUT2D eigenvalue weighted by Gasteiger charge is 2.38. The average Bonchev–Trinajstić information content (AvgIpc) is 3.95. The van der Waals surface area contributed by atoms with Crippen molar-refractivity contribution in [2.45, 2.75) is 58.7 Å². The van der Waals surface area contributed by atoms with Crippen LogP contribution in [0.15, 0.2) is 23.0 Å². The standard InChI is InChI=1S/C39H46F2N6O10/c1-21-17-44(11-10-42-21)34-32(41)22(2)30-33(36(34)53-5)47(25-6-7-25)23(3)31(35(30)49)37(50)55-20-56-38(51)45(24(4)48)18-27-19-46(39(52)57-27)26-8-9-29(28(40)16-26)43-12-14-54-15-13-43/h8-9,16,21,25,27,42H,6-7,10-15,17-20H2,1-5H3/t21?,27-/m0/s1. The summed E-state index contributed by atoms with van der Waals surface area (Å²) in [6.07, 6.45) is -1.46. The molecule has 1 aliphatic carbocycles. The number of amides is 3. The number of methoxy groups -OCH3 is 1. The van der Waals surface area contributed by atoms with Gasteiger partial charge in [0.1, 0.15) is 23.2 Å². The van der Waals surface area contributed by atoms with E-state index in [0.717, 1.165) is 19.8 Å². The Hall–Kier alpha value is -5.49. The molecular formula is C39H46F2N6O10. The molecule has 306 valence electrons. The lowest BCUT2D eigenvalue weighted by atomic mass is 10.00. The number of imide groups is 1. The fraction of sp³-hybridized carbons (Fsp3) is 0.513. The molecule has 3 amide bonds. The molecule has 3 saturated heterocycles. The van der Waals surface area contributed by atoms with Crippen LogP contribution in [0.5, 0.6) is 5.75 Å². The van der Waals surface area contributed by atoms with Crippen LogP contribution < -0.4 is 30.2 Å². The molecule has 4 fully saturated rings. The number of rotatable bonds is 10. The first kappa shape index (κ1) is 39.7. The summed E-state index contributed by atoms with van der Waals surface area (Å²) >= 11 is 0. The largest absolute Gasteiger partial charge is 0.492 e. The molecule has 4 aliphatic rings. The van der Waals surface area contributed by atoms with E-state index in [1.54, 1.807) is 19.1 Å². The Morgan fingerprint density at radius 1 is 1.02 bits per heavy atom. The Labute approximate surface area is 327 Å². The Bertz CT molecular complexity index is 2170. The van der Waals surface area contributed by atoms with Crippen molar-refractivity contribution in [2.75, 3.05) is 87.6 Å². The lowest BCUT2D eigenvalue weighted by molar-refractivity contribution is -0.128. The monoisotopic (exact) mass is 796 g/mol. The SMILES string of the molecule is COc1c(N2CCNC(C)C2)c(F)c(C)c2c(=O)c(C(=O)OCOC(=O)N(C[C@H]3CN(c4ccc(N5CCOCC5)c(F)c4)C(=O)O3)C(C)=O)c(C)n(C3CC3)c12. The summed E-state index contributed by atoms with van der Waals surface area (Å²) in [6, 6.07) is 4.38. The first-order valence-corrected chi connectivity index (χ1v) is 19.0. The van der Waals surface area contributed by atoms with Gasteiger partial charge in [-0.25, -0.2) is 28.1 Å². The number of ether oxygens (including phenoxy) is 5. The summed E-state index contributed by atoms with van der Waals surface area (Å²) in [5.74, 6) is -2.81. The van der Waals surface area contributed by atoms with Gasteiger partial charge in [0.25, 0.3) is 0 Å². The van der Waals surface area contributed by atoms with E-state index in [2.05, 4.69) is 5.32 Å². The molecule has 16 nitrogen and oxygen atoms in total. The van der Waals surface area contributed by atoms with Crippen LogP contribution in [0.2, 0.25) is 0 Å². The van der Waals surface area contributed by atoms with Gasteiger partial charge >= 0.3 is 18.2 Å². The van der Waals surface area contributed by atoms with Crippen LogP contribution in [0, 0.1) is 25.5 Å². The van der Waals surface area contributed by atoms with E-state index in [1.807, 2.05) is 21.3 Å². The van der Waals surface area contributed by atoms with Gasteiger partial charge in [0.2, 0.25) is 18.1 Å². The molecule has 4 heterocycles. The molecule has 1 N–H and O–H groups in total. The van der Waals surface area contributed by atoms with Gasteiger partial charge in [-0.1, -0.05) is 0 Å². The fourth-order valence-corrected chi connectivity index (χ4v) is 7.89. The topological polar surface area (TPSA) is 161 Å². The maximum Gasteiger partial charge on any atom is 0.419 e. The number of hydrogen-bond acceptors (Lipinski definition) is 13. The van der Waals surface area contributed by atoms with Crippen molar-refractivity contribution >= 4 is 52.0 Å². The van der Waals surface area contributed by atoms with Gasteiger partial charge in [-0.2, -0.15) is 0 Å². The lowest BCUT2D eigenvalue weighted by Gasteiger charge is -2.35. The second-order valence-electron chi connectivity index (χ2n) is 14.7. The number of cyclic esters (lactones) is 1. The number of carbonyl (C=O) groups excluding carboxylic acids is 4. The molecule has 0 bridgehead atoms. The number of carbonyl (C=O) groups is 4. The van der Waals surface area contributed by atoms with Crippen LogP contribution in [0.3, 0.4) is 0 Å². The van der Waals surface area contributed by atoms with Crippen molar-refractivity contribution < 1.29 is 51.6 Å². The van der Waals surface area contributed by atoms with E-state index in [1.165, 1.54) is 25.0 Å². The fourth-order valence-electron chi connectivity index (χ4n) is 7.89. The summed E-state index contributed by atoms with van der Waals surface area (Å²) in [4.78, 5) is 71.7. The number of fused-ring (bicyclic) bond motifs is 1. The molecule has 2 aromatic carbocycles. The molecule has 1 saturated carbocycles. The average molecular weight is 797 g/mol. The Kier molecular flexibility index (Phi) is 11.3. The van der Waals surface area contributed by atoms with Crippen LogP contribution in [-0.4, -0.2) is 119 Å². The van der Waals surface area contributed by atoms with Gasteiger partial charge in [-0.15, -0.1) is 0 Å². The molecule has 1 unspecified atom stereocenters. The van der Waals surface area contributed by atoms with Gasteiger partial charge in [-0.05, 0) is 51.8 Å². The number of aromatic nitrogens is 1. The molecule has 2 atom stereocenters. The Balaban J connectivity index is 1.05. The van der Waals surface area contributed by atoms with E-state index in [-0.39, 0.29) is 58.0 Å².